The van der Waals surface area contributed by atoms with Crippen molar-refractivity contribution in [2.45, 2.75) is 63.6 Å². The summed E-state index contributed by atoms with van der Waals surface area (Å²) in [5, 5.41) is 43.8. The summed E-state index contributed by atoms with van der Waals surface area (Å²) in [6.45, 7) is -0.668. The molecule has 1 amide bonds. The van der Waals surface area contributed by atoms with Gasteiger partial charge in [-0.15, -0.1) is 10.1 Å². The molecule has 3 rings (SSSR count). The molecule has 1 fully saturated rings. The number of esters is 1. The molecule has 45 heavy (non-hydrogen) atoms. The quantitative estimate of drug-likeness (QED) is 0.0614. The molecule has 0 radical (unpaired) electrons. The van der Waals surface area contributed by atoms with E-state index < -0.39 is 29.4 Å². The lowest BCUT2D eigenvalue weighted by atomic mass is 9.89. The van der Waals surface area contributed by atoms with Crippen LogP contribution in [0, 0.1) is 22.0 Å². The maximum absolute atomic E-state index is 12.1. The summed E-state index contributed by atoms with van der Waals surface area (Å²) in [6, 6.07) is 13.5. The first-order chi connectivity index (χ1) is 21.6. The zero-order valence-corrected chi connectivity index (χ0v) is 25.5. The number of aliphatic hydroxyl groups excluding tert-OH is 3. The Hall–Kier alpha value is -3.97. The summed E-state index contributed by atoms with van der Waals surface area (Å²) in [6.07, 6.45) is 6.89. The number of benzene rings is 2. The molecular weight excluding hydrogens is 608 g/mol. The van der Waals surface area contributed by atoms with Gasteiger partial charge in [0.25, 0.3) is 5.09 Å². The Morgan fingerprint density at radius 2 is 1.84 bits per heavy atom. The fraction of sp³-hybridized carbons (Fsp3) is 0.438. The molecule has 4 N–H and O–H groups in total. The third-order valence-electron chi connectivity index (χ3n) is 7.30. The van der Waals surface area contributed by atoms with Crippen molar-refractivity contribution >= 4 is 23.5 Å². The van der Waals surface area contributed by atoms with Gasteiger partial charge in [-0.3, -0.25) is 9.59 Å². The van der Waals surface area contributed by atoms with E-state index in [2.05, 4.69) is 10.2 Å². The van der Waals surface area contributed by atoms with Gasteiger partial charge in [0.1, 0.15) is 38.2 Å². The molecule has 1 aliphatic carbocycles. The lowest BCUT2D eigenvalue weighted by Crippen LogP contribution is -2.30. The number of carbonyl (C=O) groups excluding carboxylic acids is 2. The maximum atomic E-state index is 12.1. The summed E-state index contributed by atoms with van der Waals surface area (Å²) in [7, 11) is 0. The molecule has 0 spiro atoms. The van der Waals surface area contributed by atoms with Crippen molar-refractivity contribution < 1.29 is 44.3 Å². The maximum Gasteiger partial charge on any atom is 0.325 e. The van der Waals surface area contributed by atoms with E-state index in [0.717, 1.165) is 0 Å². The highest BCUT2D eigenvalue weighted by Gasteiger charge is 2.39. The number of nitrogens with zero attached hydrogens (tertiary/aromatic N) is 1. The highest BCUT2D eigenvalue weighted by atomic mass is 35.5. The number of unbranched alkanes of at least 4 members (excludes halogenated alkanes) is 1. The van der Waals surface area contributed by atoms with Crippen LogP contribution in [0.2, 0.25) is 5.02 Å². The van der Waals surface area contributed by atoms with Crippen molar-refractivity contribution in [2.75, 3.05) is 13.2 Å². The van der Waals surface area contributed by atoms with E-state index in [4.69, 9.17) is 21.1 Å². The summed E-state index contributed by atoms with van der Waals surface area (Å²) in [5.74, 6) is -0.977. The number of nitrogens with one attached hydrogen (secondary N) is 1. The van der Waals surface area contributed by atoms with Crippen LogP contribution in [0.25, 0.3) is 0 Å². The molecule has 13 heteroatoms. The molecule has 0 saturated heterocycles. The second-order valence-electron chi connectivity index (χ2n) is 10.6. The molecule has 0 heterocycles. The average Bonchev–Trinajstić information content (AvgIpc) is 3.28. The number of aliphatic hydroxyl groups is 3. The van der Waals surface area contributed by atoms with Crippen LogP contribution in [0.1, 0.15) is 43.2 Å². The van der Waals surface area contributed by atoms with Crippen LogP contribution < -0.4 is 10.1 Å². The lowest BCUT2D eigenvalue weighted by molar-refractivity contribution is -0.763. The van der Waals surface area contributed by atoms with Gasteiger partial charge in [-0.1, -0.05) is 66.2 Å². The number of ether oxygens (including phenoxy) is 2. The van der Waals surface area contributed by atoms with Crippen LogP contribution in [0.4, 0.5) is 0 Å². The largest absolute Gasteiger partial charge is 0.491 e. The van der Waals surface area contributed by atoms with Crippen LogP contribution in [0.3, 0.4) is 0 Å². The number of hydrogen-bond donors (Lipinski definition) is 4. The summed E-state index contributed by atoms with van der Waals surface area (Å²) < 4.78 is 10.7. The van der Waals surface area contributed by atoms with Crippen LogP contribution in [-0.4, -0.2) is 63.7 Å². The van der Waals surface area contributed by atoms with Crippen LogP contribution in [0.5, 0.6) is 5.75 Å². The Morgan fingerprint density at radius 3 is 2.58 bits per heavy atom. The Balaban J connectivity index is 1.32. The number of halogens is 1. The Kier molecular flexibility index (Phi) is 14.8. The fourth-order valence-corrected chi connectivity index (χ4v) is 5.12. The first kappa shape index (κ1) is 35.5. The summed E-state index contributed by atoms with van der Waals surface area (Å²) in [5.41, 5.74) is 1.07. The molecule has 1 aliphatic rings. The van der Waals surface area contributed by atoms with Gasteiger partial charge in [-0.05, 0) is 54.5 Å². The van der Waals surface area contributed by atoms with Crippen LogP contribution >= 0.6 is 11.6 Å². The Morgan fingerprint density at radius 1 is 1.09 bits per heavy atom. The lowest BCUT2D eigenvalue weighted by Gasteiger charge is -2.19. The SMILES string of the molecule is O=C(CCCC=CC[C@@H]1[C@@H](C=C[C@@H](O)COc2cccc(Cl)c2)[C@H](O)C[C@@H]1O)NCC(=O)OCc1ccccc1CO[N+](=O)[O-]. The standard InChI is InChI=1S/C32H39ClN2O10/c33-24-10-7-11-26(16-24)43-21-25(36)14-15-28-27(29(37)17-30(28)38)12-3-1-2-4-13-31(39)34-18-32(40)44-19-22-8-5-6-9-23(22)20-45-35(41)42/h1,3,5-11,14-16,25,27-30,36-38H,2,4,12-13,17-21H2,(H,34,39)/t25-,27-,28-,29+,30-/m1/s1. The van der Waals surface area contributed by atoms with Gasteiger partial charge in [-0.25, -0.2) is 0 Å². The molecule has 1 saturated carbocycles. The predicted molar refractivity (Wildman–Crippen MR) is 164 cm³/mol. The molecular formula is C32H39ClN2O10. The topological polar surface area (TPSA) is 178 Å². The number of hydrogen-bond acceptors (Lipinski definition) is 10. The van der Waals surface area contributed by atoms with E-state index >= 15 is 0 Å². The van der Waals surface area contributed by atoms with Gasteiger partial charge >= 0.3 is 5.97 Å². The normalized spacial score (nSPS) is 20.3. The predicted octanol–water partition coefficient (Wildman–Crippen LogP) is 3.68. The molecule has 5 atom stereocenters. The van der Waals surface area contributed by atoms with Crippen molar-refractivity contribution in [2.24, 2.45) is 11.8 Å². The molecule has 0 unspecified atom stereocenters. The number of carbonyl (C=O) groups is 2. The van der Waals surface area contributed by atoms with Gasteiger partial charge in [0.15, 0.2) is 0 Å². The molecule has 244 valence electrons. The van der Waals surface area contributed by atoms with E-state index in [9.17, 15) is 35.0 Å². The molecule has 2 aromatic rings. The zero-order chi connectivity index (χ0) is 32.6. The molecule has 0 aromatic heterocycles. The molecule has 0 bridgehead atoms. The van der Waals surface area contributed by atoms with E-state index in [1.165, 1.54) is 0 Å². The minimum absolute atomic E-state index is 0.0136. The highest BCUT2D eigenvalue weighted by Crippen LogP contribution is 2.36. The second-order valence-corrected chi connectivity index (χ2v) is 11.1. The van der Waals surface area contributed by atoms with Gasteiger partial charge in [-0.2, -0.15) is 0 Å². The molecule has 2 aromatic carbocycles. The van der Waals surface area contributed by atoms with Gasteiger partial charge in [0, 0.05) is 23.8 Å². The van der Waals surface area contributed by atoms with Gasteiger partial charge in [0.05, 0.1) is 12.2 Å². The average molecular weight is 647 g/mol. The highest BCUT2D eigenvalue weighted by molar-refractivity contribution is 6.30. The van der Waals surface area contributed by atoms with Crippen molar-refractivity contribution in [1.82, 2.24) is 5.32 Å². The van der Waals surface area contributed by atoms with E-state index in [1.807, 2.05) is 12.2 Å². The minimum atomic E-state index is -0.905. The van der Waals surface area contributed by atoms with Gasteiger partial charge < -0.3 is 34.9 Å². The van der Waals surface area contributed by atoms with Crippen LogP contribution in [0.15, 0.2) is 72.8 Å². The van der Waals surface area contributed by atoms with E-state index in [0.29, 0.717) is 41.2 Å². The van der Waals surface area contributed by atoms with Crippen molar-refractivity contribution in [1.29, 1.82) is 0 Å². The molecule has 0 aliphatic heterocycles. The van der Waals surface area contributed by atoms with Gasteiger partial charge in [0.2, 0.25) is 5.91 Å². The van der Waals surface area contributed by atoms with E-state index in [-0.39, 0.29) is 57.0 Å². The Labute approximate surface area is 266 Å². The van der Waals surface area contributed by atoms with Crippen molar-refractivity contribution in [3.63, 3.8) is 0 Å². The minimum Gasteiger partial charge on any atom is -0.491 e. The first-order valence-corrected chi connectivity index (χ1v) is 15.0. The summed E-state index contributed by atoms with van der Waals surface area (Å²) in [4.78, 5) is 39.0. The third-order valence-corrected chi connectivity index (χ3v) is 7.54. The second kappa shape index (κ2) is 18.7. The first-order valence-electron chi connectivity index (χ1n) is 14.6. The number of rotatable bonds is 18. The Bertz CT molecular complexity index is 1320. The van der Waals surface area contributed by atoms with Crippen molar-refractivity contribution in [3.05, 3.63) is 99.1 Å². The fourth-order valence-electron chi connectivity index (χ4n) is 4.94. The van der Waals surface area contributed by atoms with Crippen LogP contribution in [-0.2, 0) is 32.4 Å². The molecule has 12 nitrogen and oxygen atoms in total. The monoisotopic (exact) mass is 646 g/mol. The number of allylic oxidation sites excluding steroid dienone is 2. The zero-order valence-electron chi connectivity index (χ0n) is 24.7. The van der Waals surface area contributed by atoms with Crippen molar-refractivity contribution in [3.8, 4) is 5.75 Å². The third kappa shape index (κ3) is 12.9. The number of amides is 1. The van der Waals surface area contributed by atoms with E-state index in [1.54, 1.807) is 60.7 Å². The summed E-state index contributed by atoms with van der Waals surface area (Å²) >= 11 is 5.94. The smallest absolute Gasteiger partial charge is 0.325 e.